The molecule has 2 N–H and O–H groups in total. The maximum absolute atomic E-state index is 13.1. The van der Waals surface area contributed by atoms with Crippen LogP contribution in [-0.4, -0.2) is 49.4 Å². The Labute approximate surface area is 169 Å². The molecule has 0 radical (unpaired) electrons. The van der Waals surface area contributed by atoms with Gasteiger partial charge in [-0.1, -0.05) is 32.0 Å². The molecule has 0 spiro atoms. The summed E-state index contributed by atoms with van der Waals surface area (Å²) in [7, 11) is 1.95. The third kappa shape index (κ3) is 6.82. The van der Waals surface area contributed by atoms with Crippen molar-refractivity contribution < 1.29 is 9.59 Å². The first kappa shape index (κ1) is 23.4. The maximum Gasteiger partial charge on any atom is 0.252 e. The van der Waals surface area contributed by atoms with Gasteiger partial charge >= 0.3 is 0 Å². The molecule has 0 aromatic heterocycles. The van der Waals surface area contributed by atoms with Crippen molar-refractivity contribution in [1.29, 1.82) is 0 Å². The lowest BCUT2D eigenvalue weighted by Crippen LogP contribution is -2.52. The van der Waals surface area contributed by atoms with Crippen molar-refractivity contribution in [1.82, 2.24) is 15.5 Å². The van der Waals surface area contributed by atoms with Crippen molar-refractivity contribution in [3.05, 3.63) is 35.4 Å². The molecule has 0 saturated carbocycles. The van der Waals surface area contributed by atoms with Crippen molar-refractivity contribution in [2.75, 3.05) is 26.7 Å². The van der Waals surface area contributed by atoms with Gasteiger partial charge in [0.25, 0.3) is 5.91 Å². The first-order valence-corrected chi connectivity index (χ1v) is 9.72. The fraction of sp³-hybridized carbons (Fsp3) is 0.619. The molecule has 152 valence electrons. The van der Waals surface area contributed by atoms with Gasteiger partial charge in [0, 0.05) is 18.7 Å². The van der Waals surface area contributed by atoms with Crippen LogP contribution < -0.4 is 10.6 Å². The van der Waals surface area contributed by atoms with Gasteiger partial charge in [-0.25, -0.2) is 0 Å². The summed E-state index contributed by atoms with van der Waals surface area (Å²) in [4.78, 5) is 27.8. The predicted octanol–water partition coefficient (Wildman–Crippen LogP) is 3.02. The largest absolute Gasteiger partial charge is 0.341 e. The van der Waals surface area contributed by atoms with Crippen LogP contribution in [0.3, 0.4) is 0 Å². The molecule has 1 saturated heterocycles. The predicted molar refractivity (Wildman–Crippen MR) is 112 cm³/mol. The van der Waals surface area contributed by atoms with Gasteiger partial charge in [-0.3, -0.25) is 9.59 Å². The Morgan fingerprint density at radius 2 is 1.96 bits per heavy atom. The lowest BCUT2D eigenvalue weighted by atomic mass is 9.95. The maximum atomic E-state index is 13.1. The molecule has 2 unspecified atom stereocenters. The molecule has 1 aromatic rings. The second kappa shape index (κ2) is 11.3. The highest BCUT2D eigenvalue weighted by molar-refractivity contribution is 5.98. The zero-order valence-electron chi connectivity index (χ0n) is 17.0. The quantitative estimate of drug-likeness (QED) is 0.746. The normalized spacial score (nSPS) is 18.0. The monoisotopic (exact) mass is 395 g/mol. The van der Waals surface area contributed by atoms with E-state index in [1.165, 1.54) is 0 Å². The van der Waals surface area contributed by atoms with Crippen LogP contribution in [0, 0.1) is 18.8 Å². The van der Waals surface area contributed by atoms with Crippen LogP contribution in [0.25, 0.3) is 0 Å². The zero-order valence-corrected chi connectivity index (χ0v) is 17.8. The molecule has 1 fully saturated rings. The Morgan fingerprint density at radius 3 is 2.59 bits per heavy atom. The molecule has 1 aromatic carbocycles. The van der Waals surface area contributed by atoms with E-state index in [1.807, 2.05) is 43.1 Å². The van der Waals surface area contributed by atoms with Crippen molar-refractivity contribution in [3.8, 4) is 0 Å². The number of rotatable bonds is 7. The summed E-state index contributed by atoms with van der Waals surface area (Å²) in [6, 6.07) is 7.04. The van der Waals surface area contributed by atoms with E-state index in [0.29, 0.717) is 23.8 Å². The minimum Gasteiger partial charge on any atom is -0.341 e. The average molecular weight is 396 g/mol. The third-order valence-corrected chi connectivity index (χ3v) is 5.02. The first-order valence-electron chi connectivity index (χ1n) is 9.72. The zero-order chi connectivity index (χ0) is 19.1. The smallest absolute Gasteiger partial charge is 0.252 e. The van der Waals surface area contributed by atoms with Crippen LogP contribution in [0.4, 0.5) is 0 Å². The number of piperidine rings is 1. The highest BCUT2D eigenvalue weighted by Gasteiger charge is 2.30. The minimum absolute atomic E-state index is 0. The van der Waals surface area contributed by atoms with E-state index >= 15 is 0 Å². The third-order valence-electron chi connectivity index (χ3n) is 5.02. The molecule has 0 aliphatic carbocycles. The minimum atomic E-state index is -0.463. The van der Waals surface area contributed by atoms with E-state index in [2.05, 4.69) is 24.5 Å². The van der Waals surface area contributed by atoms with Crippen LogP contribution in [0.5, 0.6) is 0 Å². The van der Waals surface area contributed by atoms with Crippen LogP contribution in [0.15, 0.2) is 24.3 Å². The van der Waals surface area contributed by atoms with Gasteiger partial charge in [-0.05, 0) is 63.2 Å². The summed E-state index contributed by atoms with van der Waals surface area (Å²) in [6.07, 6.45) is 2.83. The van der Waals surface area contributed by atoms with Crippen LogP contribution in [-0.2, 0) is 4.79 Å². The number of amides is 2. The van der Waals surface area contributed by atoms with Gasteiger partial charge in [-0.15, -0.1) is 12.4 Å². The van der Waals surface area contributed by atoms with Gasteiger partial charge < -0.3 is 15.5 Å². The summed E-state index contributed by atoms with van der Waals surface area (Å²) in [6.45, 7) is 8.57. The number of hydrogen-bond donors (Lipinski definition) is 2. The molecule has 1 heterocycles. The molecular formula is C21H34ClN3O2. The number of likely N-dealkylation sites (tertiary alicyclic amines) is 1. The van der Waals surface area contributed by atoms with Gasteiger partial charge in [0.2, 0.25) is 5.91 Å². The van der Waals surface area contributed by atoms with Gasteiger partial charge in [0.1, 0.15) is 6.04 Å². The Hall–Kier alpha value is -1.59. The summed E-state index contributed by atoms with van der Waals surface area (Å²) >= 11 is 0. The Balaban J connectivity index is 0.00000364. The number of aryl methyl sites for hydroxylation is 1. The van der Waals surface area contributed by atoms with E-state index in [9.17, 15) is 9.59 Å². The SMILES string of the molecule is CNCC1CCCN(C(=O)C(CC(C)C)NC(=O)c2ccccc2C)C1.Cl. The molecule has 2 atom stereocenters. The van der Waals surface area contributed by atoms with Crippen molar-refractivity contribution >= 4 is 24.2 Å². The number of benzene rings is 1. The van der Waals surface area contributed by atoms with Gasteiger partial charge in [0.15, 0.2) is 0 Å². The number of carbonyl (C=O) groups excluding carboxylic acids is 2. The molecule has 27 heavy (non-hydrogen) atoms. The summed E-state index contributed by atoms with van der Waals surface area (Å²) in [5.41, 5.74) is 1.56. The highest BCUT2D eigenvalue weighted by atomic mass is 35.5. The van der Waals surface area contributed by atoms with Gasteiger partial charge in [0.05, 0.1) is 0 Å². The van der Waals surface area contributed by atoms with E-state index in [-0.39, 0.29) is 24.2 Å². The fourth-order valence-corrected chi connectivity index (χ4v) is 3.70. The molecule has 1 aliphatic heterocycles. The van der Waals surface area contributed by atoms with Gasteiger partial charge in [-0.2, -0.15) is 0 Å². The molecule has 5 nitrogen and oxygen atoms in total. The standard InChI is InChI=1S/C21H33N3O2.ClH/c1-15(2)12-19(23-20(25)18-10-6-5-8-16(18)3)21(26)24-11-7-9-17(14-24)13-22-4;/h5-6,8,10,15,17,19,22H,7,9,11-14H2,1-4H3,(H,23,25);1H. The van der Waals surface area contributed by atoms with Crippen molar-refractivity contribution in [2.24, 2.45) is 11.8 Å². The topological polar surface area (TPSA) is 61.4 Å². The Bertz CT molecular complexity index is 619. The molecule has 2 rings (SSSR count). The lowest BCUT2D eigenvalue weighted by Gasteiger charge is -2.35. The second-order valence-corrected chi connectivity index (χ2v) is 7.82. The fourth-order valence-electron chi connectivity index (χ4n) is 3.70. The molecule has 1 aliphatic rings. The molecule has 2 amide bonds. The van der Waals surface area contributed by atoms with Crippen molar-refractivity contribution in [3.63, 3.8) is 0 Å². The summed E-state index contributed by atoms with van der Waals surface area (Å²) < 4.78 is 0. The second-order valence-electron chi connectivity index (χ2n) is 7.82. The Kier molecular flexibility index (Phi) is 9.81. The number of nitrogens with one attached hydrogen (secondary N) is 2. The number of carbonyl (C=O) groups is 2. The van der Waals surface area contributed by atoms with Crippen LogP contribution in [0.1, 0.15) is 49.0 Å². The average Bonchev–Trinajstić information content (AvgIpc) is 2.61. The van der Waals surface area contributed by atoms with Crippen LogP contribution in [0.2, 0.25) is 0 Å². The lowest BCUT2D eigenvalue weighted by molar-refractivity contribution is -0.135. The number of halogens is 1. The van der Waals surface area contributed by atoms with E-state index in [0.717, 1.165) is 38.0 Å². The summed E-state index contributed by atoms with van der Waals surface area (Å²) in [5.74, 6) is 0.718. The van der Waals surface area contributed by atoms with Crippen LogP contribution >= 0.6 is 12.4 Å². The van der Waals surface area contributed by atoms with E-state index < -0.39 is 6.04 Å². The Morgan fingerprint density at radius 1 is 1.26 bits per heavy atom. The summed E-state index contributed by atoms with van der Waals surface area (Å²) in [5, 5.41) is 6.21. The molecule has 0 bridgehead atoms. The first-order chi connectivity index (χ1) is 12.4. The van der Waals surface area contributed by atoms with E-state index in [1.54, 1.807) is 0 Å². The molecule has 6 heteroatoms. The number of hydrogen-bond acceptors (Lipinski definition) is 3. The van der Waals surface area contributed by atoms with Crippen molar-refractivity contribution in [2.45, 2.75) is 46.1 Å². The highest BCUT2D eigenvalue weighted by Crippen LogP contribution is 2.19. The molecular weight excluding hydrogens is 362 g/mol. The van der Waals surface area contributed by atoms with E-state index in [4.69, 9.17) is 0 Å². The number of nitrogens with zero attached hydrogens (tertiary/aromatic N) is 1.